The monoisotopic (exact) mass is 331 g/mol. The Hall–Kier alpha value is -1.36. The lowest BCUT2D eigenvalue weighted by atomic mass is 9.95. The van der Waals surface area contributed by atoms with Crippen LogP contribution in [0.15, 0.2) is 18.2 Å². The van der Waals surface area contributed by atoms with E-state index in [9.17, 15) is 10.2 Å². The van der Waals surface area contributed by atoms with Crippen LogP contribution in [0.1, 0.15) is 43.0 Å². The number of nitrogens with two attached hydrogens (primary N) is 1. The topological polar surface area (TPSA) is 62.0 Å². The Balaban J connectivity index is 1.83. The van der Waals surface area contributed by atoms with Crippen molar-refractivity contribution in [3.8, 4) is 0 Å². The molecule has 4 N–H and O–H groups in total. The van der Waals surface area contributed by atoms with Gasteiger partial charge in [-0.15, -0.1) is 0 Å². The number of aryl methyl sites for hydroxylation is 2. The number of rotatable bonds is 7. The van der Waals surface area contributed by atoms with E-state index < -0.39 is 6.10 Å². The van der Waals surface area contributed by atoms with E-state index >= 15 is 0 Å². The summed E-state index contributed by atoms with van der Waals surface area (Å²) in [5.41, 5.74) is 5.49. The molecule has 0 saturated carbocycles. The first kappa shape index (κ1) is 17.5. The quantitative estimate of drug-likeness (QED) is 0.720. The summed E-state index contributed by atoms with van der Waals surface area (Å²) in [6.45, 7) is 5.68. The molecule has 0 saturated heterocycles. The van der Waals surface area contributed by atoms with Crippen molar-refractivity contribution in [3.63, 3.8) is 0 Å². The second kappa shape index (κ2) is 7.68. The molecule has 4 heteroatoms. The van der Waals surface area contributed by atoms with Gasteiger partial charge in [0.15, 0.2) is 0 Å². The van der Waals surface area contributed by atoms with Crippen LogP contribution in [0.4, 0.5) is 0 Å². The van der Waals surface area contributed by atoms with Gasteiger partial charge in [-0.3, -0.25) is 0 Å². The van der Waals surface area contributed by atoms with Crippen molar-refractivity contribution < 1.29 is 15.5 Å². The van der Waals surface area contributed by atoms with Crippen LogP contribution in [-0.2, 0) is 19.4 Å². The fraction of sp³-hybridized carbons (Fsp3) is 0.600. The van der Waals surface area contributed by atoms with Gasteiger partial charge in [-0.1, -0.05) is 18.6 Å². The Kier molecular flexibility index (Phi) is 5.59. The van der Waals surface area contributed by atoms with E-state index in [1.165, 1.54) is 40.6 Å². The molecular formula is C20H31N2O2+. The molecule has 1 aliphatic carbocycles. The SMILES string of the molecule is CC[C@@H](CO)[NH2+]C[C@@H](O)Cn1c2c(c3cc(C)ccc31)CCCC2. The van der Waals surface area contributed by atoms with Crippen molar-refractivity contribution in [1.82, 2.24) is 4.57 Å². The van der Waals surface area contributed by atoms with E-state index in [0.29, 0.717) is 13.1 Å². The van der Waals surface area contributed by atoms with Crippen LogP contribution in [0.2, 0.25) is 0 Å². The highest BCUT2D eigenvalue weighted by molar-refractivity contribution is 5.86. The number of nitrogens with zero attached hydrogens (tertiary/aromatic N) is 1. The Morgan fingerprint density at radius 1 is 1.25 bits per heavy atom. The molecule has 0 fully saturated rings. The van der Waals surface area contributed by atoms with Gasteiger partial charge < -0.3 is 20.1 Å². The normalized spacial score (nSPS) is 17.0. The molecular weight excluding hydrogens is 300 g/mol. The predicted molar refractivity (Wildman–Crippen MR) is 97.3 cm³/mol. The third-order valence-corrected chi connectivity index (χ3v) is 5.43. The highest BCUT2D eigenvalue weighted by atomic mass is 16.3. The molecule has 0 radical (unpaired) electrons. The number of hydrogen-bond donors (Lipinski definition) is 3. The molecule has 24 heavy (non-hydrogen) atoms. The fourth-order valence-electron chi connectivity index (χ4n) is 3.96. The number of hydrogen-bond acceptors (Lipinski definition) is 2. The number of benzene rings is 1. The van der Waals surface area contributed by atoms with E-state index in [4.69, 9.17) is 0 Å². The predicted octanol–water partition coefficient (Wildman–Crippen LogP) is 1.52. The summed E-state index contributed by atoms with van der Waals surface area (Å²) < 4.78 is 2.35. The maximum Gasteiger partial charge on any atom is 0.121 e. The third-order valence-electron chi connectivity index (χ3n) is 5.43. The summed E-state index contributed by atoms with van der Waals surface area (Å²) in [6.07, 6.45) is 5.32. The molecule has 132 valence electrons. The van der Waals surface area contributed by atoms with Gasteiger partial charge in [0, 0.05) is 16.6 Å². The Labute approximate surface area is 144 Å². The first-order valence-corrected chi connectivity index (χ1v) is 9.36. The van der Waals surface area contributed by atoms with Gasteiger partial charge in [-0.25, -0.2) is 0 Å². The third kappa shape index (κ3) is 3.51. The summed E-state index contributed by atoms with van der Waals surface area (Å²) in [6, 6.07) is 6.87. The Morgan fingerprint density at radius 3 is 2.79 bits per heavy atom. The average molecular weight is 331 g/mol. The zero-order valence-corrected chi connectivity index (χ0v) is 15.0. The number of aromatic nitrogens is 1. The molecule has 2 aromatic rings. The zero-order valence-electron chi connectivity index (χ0n) is 15.0. The maximum absolute atomic E-state index is 10.5. The number of fused-ring (bicyclic) bond motifs is 3. The van der Waals surface area contributed by atoms with Crippen LogP contribution in [0.5, 0.6) is 0 Å². The Bertz CT molecular complexity index is 688. The van der Waals surface area contributed by atoms with E-state index in [2.05, 4.69) is 41.9 Å². The molecule has 0 amide bonds. The minimum absolute atomic E-state index is 0.171. The van der Waals surface area contributed by atoms with E-state index in [1.54, 1.807) is 0 Å². The highest BCUT2D eigenvalue weighted by Gasteiger charge is 2.22. The molecule has 4 nitrogen and oxygen atoms in total. The lowest BCUT2D eigenvalue weighted by Gasteiger charge is -2.19. The average Bonchev–Trinajstić information content (AvgIpc) is 2.89. The van der Waals surface area contributed by atoms with Crippen LogP contribution in [0.25, 0.3) is 10.9 Å². The van der Waals surface area contributed by atoms with Gasteiger partial charge in [0.1, 0.15) is 18.7 Å². The summed E-state index contributed by atoms with van der Waals surface area (Å²) in [4.78, 5) is 0. The number of quaternary nitrogens is 1. The second-order valence-corrected chi connectivity index (χ2v) is 7.24. The summed E-state index contributed by atoms with van der Waals surface area (Å²) in [5.74, 6) is 0. The number of aliphatic hydroxyl groups excluding tert-OH is 2. The van der Waals surface area contributed by atoms with Crippen LogP contribution >= 0.6 is 0 Å². The van der Waals surface area contributed by atoms with Crippen LogP contribution in [-0.4, -0.2) is 40.1 Å². The largest absolute Gasteiger partial charge is 0.390 e. The fourth-order valence-corrected chi connectivity index (χ4v) is 3.96. The number of aliphatic hydroxyl groups is 2. The summed E-state index contributed by atoms with van der Waals surface area (Å²) in [7, 11) is 0. The summed E-state index contributed by atoms with van der Waals surface area (Å²) >= 11 is 0. The minimum Gasteiger partial charge on any atom is -0.390 e. The first-order chi connectivity index (χ1) is 11.6. The molecule has 1 aliphatic rings. The maximum atomic E-state index is 10.5. The minimum atomic E-state index is -0.395. The van der Waals surface area contributed by atoms with Crippen LogP contribution in [0.3, 0.4) is 0 Å². The molecule has 1 aromatic heterocycles. The second-order valence-electron chi connectivity index (χ2n) is 7.24. The molecule has 2 atom stereocenters. The molecule has 0 aliphatic heterocycles. The Morgan fingerprint density at radius 2 is 2.04 bits per heavy atom. The summed E-state index contributed by atoms with van der Waals surface area (Å²) in [5, 5.41) is 23.3. The van der Waals surface area contributed by atoms with E-state index in [-0.39, 0.29) is 12.6 Å². The standard InChI is InChI=1S/C20H30N2O2/c1-3-15(13-23)21-11-16(24)12-22-19-7-5-4-6-17(19)18-10-14(2)8-9-20(18)22/h8-10,15-16,21,23-24H,3-7,11-13H2,1-2H3/p+1/t15-,16+/m0/s1. The lowest BCUT2D eigenvalue weighted by molar-refractivity contribution is -0.696. The van der Waals surface area contributed by atoms with Gasteiger partial charge in [-0.05, 0) is 56.7 Å². The molecule has 3 rings (SSSR count). The zero-order chi connectivity index (χ0) is 17.1. The van der Waals surface area contributed by atoms with Crippen LogP contribution < -0.4 is 5.32 Å². The van der Waals surface area contributed by atoms with Gasteiger partial charge in [0.05, 0.1) is 13.2 Å². The van der Waals surface area contributed by atoms with Crippen molar-refractivity contribution >= 4 is 10.9 Å². The molecule has 1 aromatic carbocycles. The smallest absolute Gasteiger partial charge is 0.121 e. The van der Waals surface area contributed by atoms with Gasteiger partial charge in [0.2, 0.25) is 0 Å². The highest BCUT2D eigenvalue weighted by Crippen LogP contribution is 2.32. The van der Waals surface area contributed by atoms with Crippen molar-refractivity contribution in [2.45, 2.75) is 64.6 Å². The van der Waals surface area contributed by atoms with Crippen molar-refractivity contribution in [1.29, 1.82) is 0 Å². The molecule has 1 heterocycles. The van der Waals surface area contributed by atoms with Gasteiger partial charge in [-0.2, -0.15) is 0 Å². The van der Waals surface area contributed by atoms with Crippen molar-refractivity contribution in [2.24, 2.45) is 0 Å². The molecule has 0 bridgehead atoms. The lowest BCUT2D eigenvalue weighted by Crippen LogP contribution is -2.92. The molecule has 0 unspecified atom stereocenters. The van der Waals surface area contributed by atoms with Crippen molar-refractivity contribution in [3.05, 3.63) is 35.0 Å². The van der Waals surface area contributed by atoms with Crippen molar-refractivity contribution in [2.75, 3.05) is 13.2 Å². The van der Waals surface area contributed by atoms with E-state index in [1.807, 2.05) is 0 Å². The first-order valence-electron chi connectivity index (χ1n) is 9.36. The van der Waals surface area contributed by atoms with Gasteiger partial charge in [0.25, 0.3) is 0 Å². The van der Waals surface area contributed by atoms with E-state index in [0.717, 1.165) is 19.3 Å². The van der Waals surface area contributed by atoms with Crippen LogP contribution in [0, 0.1) is 6.92 Å². The van der Waals surface area contributed by atoms with Gasteiger partial charge >= 0.3 is 0 Å². The molecule has 0 spiro atoms.